The summed E-state index contributed by atoms with van der Waals surface area (Å²) in [5.41, 5.74) is 1.83. The number of nitrogens with zero attached hydrogens (tertiary/aromatic N) is 3. The fraction of sp³-hybridized carbons (Fsp3) is 0.350. The van der Waals surface area contributed by atoms with Gasteiger partial charge in [0.1, 0.15) is 5.84 Å². The molecule has 2 aliphatic heterocycles. The number of aliphatic imine (C=N–C) groups is 1. The molecular formula is C20H24N6O. The third-order valence-corrected chi connectivity index (χ3v) is 5.25. The van der Waals surface area contributed by atoms with Crippen LogP contribution in [0.1, 0.15) is 18.4 Å². The maximum absolute atomic E-state index is 12.0. The average Bonchev–Trinajstić information content (AvgIpc) is 2.73. The van der Waals surface area contributed by atoms with E-state index in [9.17, 15) is 4.79 Å². The highest BCUT2D eigenvalue weighted by atomic mass is 16.2. The van der Waals surface area contributed by atoms with E-state index in [1.165, 1.54) is 0 Å². The lowest BCUT2D eigenvalue weighted by Crippen LogP contribution is -2.60. The molecule has 27 heavy (non-hydrogen) atoms. The van der Waals surface area contributed by atoms with Crippen LogP contribution in [0.4, 0.5) is 16.3 Å². The van der Waals surface area contributed by atoms with Gasteiger partial charge < -0.3 is 20.9 Å². The van der Waals surface area contributed by atoms with Crippen LogP contribution >= 0.6 is 0 Å². The second-order valence-corrected chi connectivity index (χ2v) is 6.92. The van der Waals surface area contributed by atoms with Gasteiger partial charge >= 0.3 is 6.03 Å². The molecule has 1 aromatic heterocycles. The first kappa shape index (κ1) is 17.3. The van der Waals surface area contributed by atoms with Crippen LogP contribution in [0.25, 0.3) is 0 Å². The minimum absolute atomic E-state index is 0.0292. The van der Waals surface area contributed by atoms with Crippen molar-refractivity contribution >= 4 is 23.4 Å². The fourth-order valence-electron chi connectivity index (χ4n) is 3.71. The zero-order valence-corrected chi connectivity index (χ0v) is 15.4. The molecule has 140 valence electrons. The van der Waals surface area contributed by atoms with E-state index in [-0.39, 0.29) is 11.6 Å². The zero-order chi connectivity index (χ0) is 18.7. The van der Waals surface area contributed by atoms with Gasteiger partial charge in [-0.05, 0) is 30.5 Å². The number of aromatic nitrogens is 1. The van der Waals surface area contributed by atoms with E-state index in [1.54, 1.807) is 13.2 Å². The Labute approximate surface area is 158 Å². The van der Waals surface area contributed by atoms with Gasteiger partial charge in [0.2, 0.25) is 0 Å². The molecule has 1 aromatic carbocycles. The molecule has 3 N–H and O–H groups in total. The van der Waals surface area contributed by atoms with E-state index in [1.807, 2.05) is 35.2 Å². The highest BCUT2D eigenvalue weighted by Gasteiger charge is 2.43. The number of nitrogens with one attached hydrogen (secondary N) is 3. The van der Waals surface area contributed by atoms with Crippen molar-refractivity contribution in [2.45, 2.75) is 24.9 Å². The van der Waals surface area contributed by atoms with Crippen LogP contribution in [0, 0.1) is 0 Å². The van der Waals surface area contributed by atoms with E-state index in [2.05, 4.69) is 33.1 Å². The normalized spacial score (nSPS) is 19.1. The number of amidine groups is 1. The summed E-state index contributed by atoms with van der Waals surface area (Å²) in [6.07, 6.45) is 3.35. The first-order chi connectivity index (χ1) is 13.2. The third-order valence-electron chi connectivity index (χ3n) is 5.25. The number of pyridine rings is 1. The minimum Gasteiger partial charge on any atom is -0.370 e. The number of fused-ring (bicyclic) bond motifs is 1. The summed E-state index contributed by atoms with van der Waals surface area (Å²) < 4.78 is 0. The molecule has 0 bridgehead atoms. The number of anilines is 2. The number of piperidine rings is 1. The topological polar surface area (TPSA) is 81.7 Å². The molecule has 3 heterocycles. The molecule has 2 amide bonds. The predicted octanol–water partition coefficient (Wildman–Crippen LogP) is 2.69. The Morgan fingerprint density at radius 1 is 1.22 bits per heavy atom. The summed E-state index contributed by atoms with van der Waals surface area (Å²) in [7, 11) is 1.67. The number of benzene rings is 1. The second-order valence-electron chi connectivity index (χ2n) is 6.92. The van der Waals surface area contributed by atoms with Crippen molar-refractivity contribution < 1.29 is 4.79 Å². The number of rotatable bonds is 2. The lowest BCUT2D eigenvalue weighted by molar-refractivity contribution is 0.179. The zero-order valence-electron chi connectivity index (χ0n) is 15.4. The Morgan fingerprint density at radius 3 is 2.74 bits per heavy atom. The molecule has 7 nitrogen and oxygen atoms in total. The SMILES string of the molecule is CNC(=O)N1CCC2(CC1)Nc1cccnc1NC2=NCc1ccccc1. The number of likely N-dealkylation sites (tertiary alicyclic amines) is 1. The second kappa shape index (κ2) is 7.26. The summed E-state index contributed by atoms with van der Waals surface area (Å²) in [5, 5.41) is 9.82. The van der Waals surface area contributed by atoms with Crippen molar-refractivity contribution in [3.8, 4) is 0 Å². The van der Waals surface area contributed by atoms with E-state index in [0.717, 1.165) is 35.7 Å². The summed E-state index contributed by atoms with van der Waals surface area (Å²) in [5.74, 6) is 1.69. The minimum atomic E-state index is -0.310. The van der Waals surface area contributed by atoms with Gasteiger partial charge in [0, 0.05) is 26.3 Å². The van der Waals surface area contributed by atoms with Crippen LogP contribution in [0.3, 0.4) is 0 Å². The van der Waals surface area contributed by atoms with Gasteiger partial charge in [-0.3, -0.25) is 4.99 Å². The lowest BCUT2D eigenvalue weighted by Gasteiger charge is -2.46. The predicted molar refractivity (Wildman–Crippen MR) is 107 cm³/mol. The molecule has 2 aliphatic rings. The van der Waals surface area contributed by atoms with E-state index in [4.69, 9.17) is 4.99 Å². The Bertz CT molecular complexity index is 843. The van der Waals surface area contributed by atoms with Crippen molar-refractivity contribution in [1.82, 2.24) is 15.2 Å². The molecule has 4 rings (SSSR count). The Balaban J connectivity index is 1.61. The van der Waals surface area contributed by atoms with Gasteiger partial charge in [0.05, 0.1) is 17.8 Å². The smallest absolute Gasteiger partial charge is 0.317 e. The molecule has 1 spiro atoms. The monoisotopic (exact) mass is 364 g/mol. The number of carbonyl (C=O) groups is 1. The Morgan fingerprint density at radius 2 is 2.00 bits per heavy atom. The fourth-order valence-corrected chi connectivity index (χ4v) is 3.71. The van der Waals surface area contributed by atoms with Crippen molar-refractivity contribution in [3.63, 3.8) is 0 Å². The summed E-state index contributed by atoms with van der Waals surface area (Å²) >= 11 is 0. The van der Waals surface area contributed by atoms with E-state index >= 15 is 0 Å². The molecule has 0 saturated carbocycles. The van der Waals surface area contributed by atoms with Crippen LogP contribution in [0.15, 0.2) is 53.7 Å². The first-order valence-corrected chi connectivity index (χ1v) is 9.26. The number of hydrogen-bond donors (Lipinski definition) is 3. The molecule has 2 aromatic rings. The largest absolute Gasteiger partial charge is 0.370 e. The first-order valence-electron chi connectivity index (χ1n) is 9.26. The number of carbonyl (C=O) groups excluding carboxylic acids is 1. The van der Waals surface area contributed by atoms with Gasteiger partial charge in [-0.25, -0.2) is 9.78 Å². The lowest BCUT2D eigenvalue weighted by atomic mass is 9.84. The van der Waals surface area contributed by atoms with Crippen LogP contribution in [-0.4, -0.2) is 47.4 Å². The van der Waals surface area contributed by atoms with E-state index < -0.39 is 0 Å². The highest BCUT2D eigenvalue weighted by molar-refractivity contribution is 6.08. The maximum Gasteiger partial charge on any atom is 0.317 e. The highest BCUT2D eigenvalue weighted by Crippen LogP contribution is 2.36. The summed E-state index contributed by atoms with van der Waals surface area (Å²) in [6.45, 7) is 1.95. The van der Waals surface area contributed by atoms with Crippen LogP contribution < -0.4 is 16.0 Å². The van der Waals surface area contributed by atoms with Crippen LogP contribution in [0.5, 0.6) is 0 Å². The molecule has 1 fully saturated rings. The standard InChI is InChI=1S/C20H24N6O/c1-21-19(27)26-12-9-20(10-13-26)18(23-14-15-6-3-2-4-7-15)24-17-16(25-20)8-5-11-22-17/h2-8,11,25H,9-10,12-14H2,1H3,(H,21,27)(H,22,23,24). The molecule has 7 heteroatoms. The molecule has 0 radical (unpaired) electrons. The summed E-state index contributed by atoms with van der Waals surface area (Å²) in [6, 6.07) is 14.1. The van der Waals surface area contributed by atoms with Gasteiger partial charge in [-0.15, -0.1) is 0 Å². The number of amides is 2. The van der Waals surface area contributed by atoms with Crippen LogP contribution in [0.2, 0.25) is 0 Å². The average molecular weight is 364 g/mol. The number of hydrogen-bond acceptors (Lipinski definition) is 4. The molecule has 0 atom stereocenters. The van der Waals surface area contributed by atoms with Crippen molar-refractivity contribution in [2.24, 2.45) is 4.99 Å². The van der Waals surface area contributed by atoms with Gasteiger partial charge in [0.15, 0.2) is 5.82 Å². The molecule has 1 saturated heterocycles. The molecular weight excluding hydrogens is 340 g/mol. The molecule has 0 unspecified atom stereocenters. The van der Waals surface area contributed by atoms with E-state index in [0.29, 0.717) is 19.6 Å². The molecule has 0 aliphatic carbocycles. The third kappa shape index (κ3) is 3.45. The van der Waals surface area contributed by atoms with Crippen LogP contribution in [-0.2, 0) is 6.54 Å². The quantitative estimate of drug-likeness (QED) is 0.765. The Kier molecular flexibility index (Phi) is 4.66. The summed E-state index contributed by atoms with van der Waals surface area (Å²) in [4.78, 5) is 23.1. The van der Waals surface area contributed by atoms with Gasteiger partial charge in [0.25, 0.3) is 0 Å². The maximum atomic E-state index is 12.0. The Hall–Kier alpha value is -3.09. The van der Waals surface area contributed by atoms with Gasteiger partial charge in [-0.2, -0.15) is 0 Å². The van der Waals surface area contributed by atoms with Gasteiger partial charge in [-0.1, -0.05) is 30.3 Å². The van der Waals surface area contributed by atoms with Crippen molar-refractivity contribution in [3.05, 3.63) is 54.2 Å². The van der Waals surface area contributed by atoms with Crippen molar-refractivity contribution in [1.29, 1.82) is 0 Å². The number of urea groups is 1. The van der Waals surface area contributed by atoms with Crippen molar-refractivity contribution in [2.75, 3.05) is 30.8 Å².